The van der Waals surface area contributed by atoms with Crippen molar-refractivity contribution in [3.8, 4) is 0 Å². The summed E-state index contributed by atoms with van der Waals surface area (Å²) in [5.74, 6) is -0.143. The zero-order chi connectivity index (χ0) is 20.1. The van der Waals surface area contributed by atoms with Crippen molar-refractivity contribution in [1.29, 1.82) is 0 Å². The van der Waals surface area contributed by atoms with Crippen LogP contribution in [0.15, 0.2) is 60.2 Å². The second-order valence-corrected chi connectivity index (χ2v) is 8.23. The van der Waals surface area contributed by atoms with Crippen molar-refractivity contribution in [1.82, 2.24) is 20.2 Å². The van der Waals surface area contributed by atoms with E-state index < -0.39 is 0 Å². The Morgan fingerprint density at radius 2 is 2.03 bits per heavy atom. The lowest BCUT2D eigenvalue weighted by molar-refractivity contribution is 0.0873. The molecule has 1 saturated heterocycles. The predicted molar refractivity (Wildman–Crippen MR) is 118 cm³/mol. The number of nitrogens with zero attached hydrogens (tertiary/aromatic N) is 3. The van der Waals surface area contributed by atoms with Gasteiger partial charge in [0.05, 0.1) is 6.04 Å². The molecule has 1 amide bonds. The van der Waals surface area contributed by atoms with Gasteiger partial charge in [0.15, 0.2) is 0 Å². The molecule has 0 saturated carbocycles. The lowest BCUT2D eigenvalue weighted by Gasteiger charge is -2.36. The van der Waals surface area contributed by atoms with E-state index in [1.165, 1.54) is 12.1 Å². The van der Waals surface area contributed by atoms with Gasteiger partial charge in [0, 0.05) is 30.9 Å². The number of piperidine rings is 1. The summed E-state index contributed by atoms with van der Waals surface area (Å²) >= 11 is 1.56. The van der Waals surface area contributed by atoms with E-state index in [2.05, 4.69) is 20.2 Å². The Labute approximate surface area is 185 Å². The van der Waals surface area contributed by atoms with E-state index in [0.29, 0.717) is 5.69 Å². The molecule has 1 aliphatic heterocycles. The molecule has 1 fully saturated rings. The number of aromatic nitrogens is 2. The van der Waals surface area contributed by atoms with Gasteiger partial charge in [-0.05, 0) is 55.1 Å². The topological polar surface area (TPSA) is 58.1 Å². The van der Waals surface area contributed by atoms with E-state index in [0.717, 1.165) is 43.0 Å². The maximum atomic E-state index is 13.2. The molecule has 8 heteroatoms. The second kappa shape index (κ2) is 10.6. The highest BCUT2D eigenvalue weighted by Crippen LogP contribution is 2.32. The van der Waals surface area contributed by atoms with Crippen LogP contribution in [0.25, 0.3) is 0 Å². The first kappa shape index (κ1) is 22.3. The molecule has 0 radical (unpaired) electrons. The quantitative estimate of drug-likeness (QED) is 0.606. The first-order chi connectivity index (χ1) is 14.2. The Bertz CT molecular complexity index is 924. The van der Waals surface area contributed by atoms with Crippen molar-refractivity contribution in [3.05, 3.63) is 82.3 Å². The van der Waals surface area contributed by atoms with Gasteiger partial charge in [-0.1, -0.05) is 18.2 Å². The molecular formula is C22H24ClFN4OS. The molecule has 3 aromatic rings. The summed E-state index contributed by atoms with van der Waals surface area (Å²) in [6.45, 7) is 2.62. The molecule has 1 aromatic carbocycles. The molecule has 1 N–H and O–H groups in total. The first-order valence-electron chi connectivity index (χ1n) is 9.77. The van der Waals surface area contributed by atoms with Crippen LogP contribution in [0, 0.1) is 11.7 Å². The van der Waals surface area contributed by atoms with Crippen LogP contribution in [0.4, 0.5) is 4.39 Å². The normalized spacial score (nSPS) is 17.7. The van der Waals surface area contributed by atoms with Crippen molar-refractivity contribution < 1.29 is 9.18 Å². The maximum absolute atomic E-state index is 13.2. The smallest absolute Gasteiger partial charge is 0.270 e. The van der Waals surface area contributed by atoms with Gasteiger partial charge in [-0.3, -0.25) is 14.7 Å². The number of thiazole rings is 1. The first-order valence-corrected chi connectivity index (χ1v) is 10.6. The summed E-state index contributed by atoms with van der Waals surface area (Å²) in [6, 6.07) is 11.8. The van der Waals surface area contributed by atoms with Crippen LogP contribution < -0.4 is 5.32 Å². The number of likely N-dealkylation sites (tertiary alicyclic amines) is 1. The minimum Gasteiger partial charge on any atom is -0.341 e. The Morgan fingerprint density at radius 3 is 2.73 bits per heavy atom. The summed E-state index contributed by atoms with van der Waals surface area (Å²) in [6.07, 6.45) is 5.47. The largest absolute Gasteiger partial charge is 0.341 e. The molecule has 2 atom stereocenters. The van der Waals surface area contributed by atoms with Gasteiger partial charge in [-0.25, -0.2) is 9.37 Å². The van der Waals surface area contributed by atoms with Crippen LogP contribution in [-0.2, 0) is 6.54 Å². The highest BCUT2D eigenvalue weighted by atomic mass is 35.5. The molecule has 0 spiro atoms. The van der Waals surface area contributed by atoms with Crippen molar-refractivity contribution in [2.75, 3.05) is 13.1 Å². The molecular weight excluding hydrogens is 423 g/mol. The van der Waals surface area contributed by atoms with Crippen LogP contribution in [0.3, 0.4) is 0 Å². The molecule has 0 bridgehead atoms. The van der Waals surface area contributed by atoms with Crippen LogP contribution in [0.5, 0.6) is 0 Å². The van der Waals surface area contributed by atoms with Gasteiger partial charge in [-0.15, -0.1) is 23.7 Å². The molecule has 158 valence electrons. The van der Waals surface area contributed by atoms with Gasteiger partial charge in [-0.2, -0.15) is 0 Å². The standard InChI is InChI=1S/C22H23FN4OS.ClH/c23-18-8-6-16(7-9-18)14-27-12-3-4-17(15-27)20(22-25-11-13-29-22)26-21(28)19-5-1-2-10-24-19;/h1-2,5-11,13,17,20H,3-4,12,14-15H2,(H,26,28);1H. The molecule has 4 rings (SSSR count). The van der Waals surface area contributed by atoms with Gasteiger partial charge in [0.25, 0.3) is 5.91 Å². The summed E-state index contributed by atoms with van der Waals surface area (Å²) in [5, 5.41) is 6.03. The number of nitrogens with one attached hydrogen (secondary N) is 1. The highest BCUT2D eigenvalue weighted by molar-refractivity contribution is 7.09. The number of hydrogen-bond donors (Lipinski definition) is 1. The molecule has 2 unspecified atom stereocenters. The Morgan fingerprint density at radius 1 is 1.20 bits per heavy atom. The van der Waals surface area contributed by atoms with E-state index in [9.17, 15) is 9.18 Å². The minimum absolute atomic E-state index is 0. The SMILES string of the molecule is Cl.O=C(NC(c1nccs1)C1CCCN(Cc2ccc(F)cc2)C1)c1ccccn1. The second-order valence-electron chi connectivity index (χ2n) is 7.30. The fraction of sp³-hybridized carbons (Fsp3) is 0.318. The predicted octanol–water partition coefficient (Wildman–Crippen LogP) is 4.48. The van der Waals surface area contributed by atoms with Crippen molar-refractivity contribution >= 4 is 29.7 Å². The number of amides is 1. The van der Waals surface area contributed by atoms with Crippen LogP contribution in [0.1, 0.15) is 39.9 Å². The lowest BCUT2D eigenvalue weighted by Crippen LogP contribution is -2.42. The summed E-state index contributed by atoms with van der Waals surface area (Å²) in [7, 11) is 0. The summed E-state index contributed by atoms with van der Waals surface area (Å²) < 4.78 is 13.2. The summed E-state index contributed by atoms with van der Waals surface area (Å²) in [5.41, 5.74) is 1.50. The van der Waals surface area contributed by atoms with Gasteiger partial charge < -0.3 is 5.32 Å². The number of benzene rings is 1. The van der Waals surface area contributed by atoms with Crippen LogP contribution in [0.2, 0.25) is 0 Å². The number of carbonyl (C=O) groups is 1. The van der Waals surface area contributed by atoms with Crippen molar-refractivity contribution in [2.45, 2.75) is 25.4 Å². The Balaban J connectivity index is 0.00000256. The third-order valence-electron chi connectivity index (χ3n) is 5.23. The molecule has 30 heavy (non-hydrogen) atoms. The molecule has 3 heterocycles. The van der Waals surface area contributed by atoms with Gasteiger partial charge in [0.1, 0.15) is 16.5 Å². The molecule has 0 aliphatic carbocycles. The third-order valence-corrected chi connectivity index (χ3v) is 6.09. The summed E-state index contributed by atoms with van der Waals surface area (Å²) in [4.78, 5) is 23.8. The fourth-order valence-electron chi connectivity index (χ4n) is 3.84. The van der Waals surface area contributed by atoms with Crippen LogP contribution in [-0.4, -0.2) is 33.9 Å². The van der Waals surface area contributed by atoms with E-state index in [1.54, 1.807) is 35.9 Å². The average Bonchev–Trinajstić information content (AvgIpc) is 3.29. The van der Waals surface area contributed by atoms with E-state index in [4.69, 9.17) is 0 Å². The Kier molecular flexibility index (Phi) is 7.90. The number of halogens is 2. The van der Waals surface area contributed by atoms with Gasteiger partial charge in [0.2, 0.25) is 0 Å². The van der Waals surface area contributed by atoms with E-state index >= 15 is 0 Å². The zero-order valence-corrected chi connectivity index (χ0v) is 18.0. The zero-order valence-electron chi connectivity index (χ0n) is 16.4. The third kappa shape index (κ3) is 5.62. The number of hydrogen-bond acceptors (Lipinski definition) is 5. The minimum atomic E-state index is -0.216. The highest BCUT2D eigenvalue weighted by Gasteiger charge is 2.31. The lowest BCUT2D eigenvalue weighted by atomic mass is 9.90. The number of carbonyl (C=O) groups excluding carboxylic acids is 1. The fourth-order valence-corrected chi connectivity index (χ4v) is 4.62. The van der Waals surface area contributed by atoms with E-state index in [1.807, 2.05) is 23.6 Å². The monoisotopic (exact) mass is 446 g/mol. The maximum Gasteiger partial charge on any atom is 0.270 e. The molecule has 1 aliphatic rings. The number of rotatable bonds is 6. The van der Waals surface area contributed by atoms with E-state index in [-0.39, 0.29) is 36.1 Å². The number of pyridine rings is 1. The van der Waals surface area contributed by atoms with Crippen molar-refractivity contribution in [2.24, 2.45) is 5.92 Å². The van der Waals surface area contributed by atoms with Crippen LogP contribution >= 0.6 is 23.7 Å². The average molecular weight is 447 g/mol. The van der Waals surface area contributed by atoms with Gasteiger partial charge >= 0.3 is 0 Å². The molecule has 5 nitrogen and oxygen atoms in total. The Hall–Kier alpha value is -2.35. The molecule has 2 aromatic heterocycles. The van der Waals surface area contributed by atoms with Crippen molar-refractivity contribution in [3.63, 3.8) is 0 Å².